The van der Waals surface area contributed by atoms with Gasteiger partial charge in [0.1, 0.15) is 12.4 Å². The summed E-state index contributed by atoms with van der Waals surface area (Å²) in [6, 6.07) is 0. The van der Waals surface area contributed by atoms with E-state index in [0.29, 0.717) is 0 Å². The summed E-state index contributed by atoms with van der Waals surface area (Å²) in [5.74, 6) is -7.60. The Balaban J connectivity index is 3.58. The van der Waals surface area contributed by atoms with Crippen molar-refractivity contribution in [2.45, 2.75) is 52.0 Å². The van der Waals surface area contributed by atoms with Gasteiger partial charge >= 0.3 is 36.3 Å². The highest BCUT2D eigenvalue weighted by Crippen LogP contribution is 2.35. The number of amides is 3. The van der Waals surface area contributed by atoms with E-state index < -0.39 is 61.6 Å². The molecule has 0 aliphatic carbocycles. The third-order valence-corrected chi connectivity index (χ3v) is 5.28. The molecule has 0 radical (unpaired) electrons. The van der Waals surface area contributed by atoms with Crippen LogP contribution in [0.15, 0.2) is 5.11 Å². The maximum atomic E-state index is 12.8. The molecule has 11 nitrogen and oxygen atoms in total. The highest BCUT2D eigenvalue weighted by Gasteiger charge is 2.40. The first-order chi connectivity index (χ1) is 18.8. The lowest BCUT2D eigenvalue weighted by Crippen LogP contribution is -2.38. The lowest BCUT2D eigenvalue weighted by atomic mass is 9.91. The van der Waals surface area contributed by atoms with Crippen molar-refractivity contribution >= 4 is 17.7 Å². The van der Waals surface area contributed by atoms with Gasteiger partial charge in [-0.2, -0.15) is 39.5 Å². The molecule has 1 aromatic carbocycles. The minimum absolute atomic E-state index is 0.0716. The van der Waals surface area contributed by atoms with Gasteiger partial charge in [0.2, 0.25) is 0 Å². The third kappa shape index (κ3) is 10.9. The monoisotopic (exact) mass is 610 g/mol. The number of ether oxygens (including phenoxy) is 2. The van der Waals surface area contributed by atoms with Gasteiger partial charge in [-0.25, -0.2) is 0 Å². The van der Waals surface area contributed by atoms with Crippen LogP contribution in [0.4, 0.5) is 39.5 Å². The molecule has 0 aliphatic rings. The average molecular weight is 610 g/mol. The number of azide groups is 1. The standard InChI is InChI=1S/C21H23F9N6O5/c1-10-12(7-32-16(37)19(22,23)24)11(2)14(9-34-18(39)21(28,29)30)15(41-6-5-40-4-3-35-36-31)13(10)8-33-17(38)20(25,26)27/h3-9H2,1-2H3,(H,32,37)(H,33,38)(H,34,39). The number of nitrogens with zero attached hydrogens (tertiary/aromatic N) is 3. The van der Waals surface area contributed by atoms with Crippen molar-refractivity contribution < 1.29 is 63.4 Å². The predicted octanol–water partition coefficient (Wildman–Crippen LogP) is 3.54. The van der Waals surface area contributed by atoms with Crippen molar-refractivity contribution in [2.75, 3.05) is 26.4 Å². The molecule has 0 aliphatic heterocycles. The summed E-state index contributed by atoms with van der Waals surface area (Å²) in [4.78, 5) is 36.7. The van der Waals surface area contributed by atoms with Crippen LogP contribution in [-0.4, -0.2) is 62.6 Å². The number of benzene rings is 1. The summed E-state index contributed by atoms with van der Waals surface area (Å²) < 4.78 is 126. The Morgan fingerprint density at radius 3 is 1.46 bits per heavy atom. The van der Waals surface area contributed by atoms with Crippen molar-refractivity contribution in [1.82, 2.24) is 16.0 Å². The summed E-state index contributed by atoms with van der Waals surface area (Å²) in [5.41, 5.74) is 7.34. The van der Waals surface area contributed by atoms with Crippen LogP contribution >= 0.6 is 0 Å². The highest BCUT2D eigenvalue weighted by atomic mass is 19.4. The summed E-state index contributed by atoms with van der Waals surface area (Å²) in [5, 5.41) is 7.84. The van der Waals surface area contributed by atoms with Gasteiger partial charge in [0.05, 0.1) is 13.2 Å². The van der Waals surface area contributed by atoms with Gasteiger partial charge in [-0.05, 0) is 36.1 Å². The minimum Gasteiger partial charge on any atom is -0.490 e. The average Bonchev–Trinajstić information content (AvgIpc) is 2.85. The van der Waals surface area contributed by atoms with Gasteiger partial charge in [0.25, 0.3) is 0 Å². The van der Waals surface area contributed by atoms with Crippen LogP contribution in [0.3, 0.4) is 0 Å². The van der Waals surface area contributed by atoms with Crippen LogP contribution in [0.1, 0.15) is 27.8 Å². The second kappa shape index (κ2) is 14.6. The Labute approximate surface area is 225 Å². The third-order valence-electron chi connectivity index (χ3n) is 5.28. The highest BCUT2D eigenvalue weighted by molar-refractivity contribution is 5.83. The molecule has 0 unspecified atom stereocenters. The molecule has 1 rings (SSSR count). The predicted molar refractivity (Wildman–Crippen MR) is 120 cm³/mol. The smallest absolute Gasteiger partial charge is 0.471 e. The second-order valence-electron chi connectivity index (χ2n) is 7.97. The number of nitrogens with one attached hydrogen (secondary N) is 3. The van der Waals surface area contributed by atoms with Crippen molar-refractivity contribution in [3.63, 3.8) is 0 Å². The van der Waals surface area contributed by atoms with Gasteiger partial charge in [0.15, 0.2) is 0 Å². The number of hydrogen-bond donors (Lipinski definition) is 3. The molecule has 0 saturated carbocycles. The first-order valence-corrected chi connectivity index (χ1v) is 11.2. The molecule has 230 valence electrons. The van der Waals surface area contributed by atoms with Gasteiger partial charge in [-0.1, -0.05) is 5.11 Å². The Hall–Kier alpha value is -3.93. The lowest BCUT2D eigenvalue weighted by molar-refractivity contribution is -0.173. The van der Waals surface area contributed by atoms with Gasteiger partial charge in [0, 0.05) is 42.2 Å². The Bertz CT molecular complexity index is 1110. The fourth-order valence-electron chi connectivity index (χ4n) is 3.29. The van der Waals surface area contributed by atoms with Crippen LogP contribution in [-0.2, 0) is 38.8 Å². The molecule has 0 fully saturated rings. The van der Waals surface area contributed by atoms with E-state index in [-0.39, 0.29) is 54.2 Å². The molecule has 0 bridgehead atoms. The fraction of sp³-hybridized carbons (Fsp3) is 0.571. The molecular formula is C21H23F9N6O5. The van der Waals surface area contributed by atoms with E-state index in [4.69, 9.17) is 15.0 Å². The number of carbonyl (C=O) groups is 3. The number of alkyl halides is 9. The van der Waals surface area contributed by atoms with Crippen molar-refractivity contribution in [3.8, 4) is 5.75 Å². The molecular weight excluding hydrogens is 587 g/mol. The van der Waals surface area contributed by atoms with Crippen LogP contribution in [0.25, 0.3) is 10.4 Å². The van der Waals surface area contributed by atoms with E-state index in [9.17, 15) is 53.9 Å². The SMILES string of the molecule is Cc1c(CNC(=O)C(F)(F)F)c(C)c(CNC(=O)C(F)(F)F)c(OCCOCCN=[N+]=[N-])c1CNC(=O)C(F)(F)F. The first kappa shape index (κ1) is 35.1. The molecule has 0 atom stereocenters. The normalized spacial score (nSPS) is 11.9. The summed E-state index contributed by atoms with van der Waals surface area (Å²) in [7, 11) is 0. The van der Waals surface area contributed by atoms with Crippen molar-refractivity contribution in [1.29, 1.82) is 0 Å². The Kier molecular flexibility index (Phi) is 12.5. The molecule has 3 amide bonds. The molecule has 1 aromatic rings. The largest absolute Gasteiger partial charge is 0.490 e. The number of carbonyl (C=O) groups excluding carboxylic acids is 3. The fourth-order valence-corrected chi connectivity index (χ4v) is 3.29. The zero-order valence-electron chi connectivity index (χ0n) is 21.2. The first-order valence-electron chi connectivity index (χ1n) is 11.2. The van der Waals surface area contributed by atoms with Crippen molar-refractivity contribution in [2.24, 2.45) is 5.11 Å². The molecule has 20 heteroatoms. The molecule has 0 heterocycles. The summed E-state index contributed by atoms with van der Waals surface area (Å²) >= 11 is 0. The zero-order chi connectivity index (χ0) is 31.6. The van der Waals surface area contributed by atoms with E-state index in [1.807, 2.05) is 0 Å². The zero-order valence-corrected chi connectivity index (χ0v) is 21.2. The van der Waals surface area contributed by atoms with Crippen LogP contribution in [0.2, 0.25) is 0 Å². The van der Waals surface area contributed by atoms with E-state index in [1.165, 1.54) is 13.8 Å². The lowest BCUT2D eigenvalue weighted by Gasteiger charge is -2.25. The molecule has 0 aromatic heterocycles. The second-order valence-corrected chi connectivity index (χ2v) is 7.97. The number of hydrogen-bond acceptors (Lipinski definition) is 6. The summed E-state index contributed by atoms with van der Waals surface area (Å²) in [6.45, 7) is -1.15. The topological polar surface area (TPSA) is 155 Å². The van der Waals surface area contributed by atoms with E-state index in [1.54, 1.807) is 16.0 Å². The minimum atomic E-state index is -5.34. The Morgan fingerprint density at radius 2 is 1.10 bits per heavy atom. The molecule has 0 spiro atoms. The van der Waals surface area contributed by atoms with E-state index in [2.05, 4.69) is 10.0 Å². The number of rotatable bonds is 13. The summed E-state index contributed by atoms with van der Waals surface area (Å²) in [6.07, 6.45) is -16.0. The molecule has 0 saturated heterocycles. The molecule has 41 heavy (non-hydrogen) atoms. The van der Waals surface area contributed by atoms with Gasteiger partial charge < -0.3 is 25.4 Å². The van der Waals surface area contributed by atoms with Crippen LogP contribution < -0.4 is 20.7 Å². The number of halogens is 9. The maximum Gasteiger partial charge on any atom is 0.471 e. The quantitative estimate of drug-likeness (QED) is 0.103. The van der Waals surface area contributed by atoms with Gasteiger partial charge in [-0.15, -0.1) is 0 Å². The maximum absolute atomic E-state index is 12.8. The van der Waals surface area contributed by atoms with E-state index in [0.717, 1.165) is 0 Å². The van der Waals surface area contributed by atoms with Crippen LogP contribution in [0, 0.1) is 13.8 Å². The Morgan fingerprint density at radius 1 is 0.707 bits per heavy atom. The van der Waals surface area contributed by atoms with Crippen molar-refractivity contribution in [3.05, 3.63) is 38.3 Å². The van der Waals surface area contributed by atoms with Crippen LogP contribution in [0.5, 0.6) is 5.75 Å². The molecule has 3 N–H and O–H groups in total. The van der Waals surface area contributed by atoms with E-state index >= 15 is 0 Å². The van der Waals surface area contributed by atoms with Gasteiger partial charge in [-0.3, -0.25) is 14.4 Å².